The topological polar surface area (TPSA) is 26.0 Å². The van der Waals surface area contributed by atoms with Crippen molar-refractivity contribution < 1.29 is 0 Å². The van der Waals surface area contributed by atoms with Crippen LogP contribution in [0.2, 0.25) is 0 Å². The standard InChI is InChI=1S/C39H81N/c1-4-6-8-10-12-14-16-18-20-22-24-26-28-30-32-34-36-38(3)39(40)37-35-33-31-29-27-25-23-21-19-17-15-13-11-9-7-5-2/h38-39H,4-37,40H2,1-3H3. The van der Waals surface area contributed by atoms with Crippen LogP contribution in [-0.2, 0) is 0 Å². The van der Waals surface area contributed by atoms with Crippen LogP contribution in [0, 0.1) is 5.92 Å². The summed E-state index contributed by atoms with van der Waals surface area (Å²) in [5.41, 5.74) is 6.54. The first kappa shape index (κ1) is 40.0. The quantitative estimate of drug-likeness (QED) is 0.0762. The zero-order chi connectivity index (χ0) is 29.2. The predicted octanol–water partition coefficient (Wildman–Crippen LogP) is 14.3. The van der Waals surface area contributed by atoms with Crippen molar-refractivity contribution in [1.82, 2.24) is 0 Å². The van der Waals surface area contributed by atoms with Crippen LogP contribution in [0.15, 0.2) is 0 Å². The molecule has 0 fully saturated rings. The van der Waals surface area contributed by atoms with Gasteiger partial charge in [-0.05, 0) is 18.8 Å². The predicted molar refractivity (Wildman–Crippen MR) is 185 cm³/mol. The molecule has 2 atom stereocenters. The van der Waals surface area contributed by atoms with Crippen LogP contribution in [0.25, 0.3) is 0 Å². The van der Waals surface area contributed by atoms with Gasteiger partial charge in [0, 0.05) is 6.04 Å². The third-order valence-corrected chi connectivity index (χ3v) is 9.63. The van der Waals surface area contributed by atoms with E-state index in [4.69, 9.17) is 5.73 Å². The summed E-state index contributed by atoms with van der Waals surface area (Å²) in [6, 6.07) is 0.433. The van der Waals surface area contributed by atoms with Crippen molar-refractivity contribution in [3.8, 4) is 0 Å². The normalized spacial score (nSPS) is 13.2. The lowest BCUT2D eigenvalue weighted by Gasteiger charge is -2.19. The summed E-state index contributed by atoms with van der Waals surface area (Å²) >= 11 is 0. The summed E-state index contributed by atoms with van der Waals surface area (Å²) in [5, 5.41) is 0. The molecule has 242 valence electrons. The molecule has 40 heavy (non-hydrogen) atoms. The van der Waals surface area contributed by atoms with E-state index in [2.05, 4.69) is 20.8 Å². The van der Waals surface area contributed by atoms with Crippen LogP contribution < -0.4 is 5.73 Å². The lowest BCUT2D eigenvalue weighted by atomic mass is 9.91. The summed E-state index contributed by atoms with van der Waals surface area (Å²) in [6.07, 6.45) is 49.0. The van der Waals surface area contributed by atoms with Crippen molar-refractivity contribution >= 4 is 0 Å². The van der Waals surface area contributed by atoms with Gasteiger partial charge in [-0.15, -0.1) is 0 Å². The largest absolute Gasteiger partial charge is 0.327 e. The van der Waals surface area contributed by atoms with E-state index in [1.165, 1.54) is 218 Å². The molecule has 0 saturated carbocycles. The highest BCUT2D eigenvalue weighted by Gasteiger charge is 2.11. The van der Waals surface area contributed by atoms with Crippen molar-refractivity contribution in [1.29, 1.82) is 0 Å². The smallest absolute Gasteiger partial charge is 0.00645 e. The molecule has 0 aliphatic heterocycles. The monoisotopic (exact) mass is 564 g/mol. The van der Waals surface area contributed by atoms with Crippen LogP contribution in [0.3, 0.4) is 0 Å². The van der Waals surface area contributed by atoms with Crippen LogP contribution in [0.4, 0.5) is 0 Å². The first-order valence-corrected chi connectivity index (χ1v) is 19.5. The summed E-state index contributed by atoms with van der Waals surface area (Å²) < 4.78 is 0. The fraction of sp³-hybridized carbons (Fsp3) is 1.00. The molecule has 1 heteroatoms. The van der Waals surface area contributed by atoms with Crippen molar-refractivity contribution in [3.63, 3.8) is 0 Å². The van der Waals surface area contributed by atoms with E-state index < -0.39 is 0 Å². The Morgan fingerprint density at radius 3 is 0.750 bits per heavy atom. The summed E-state index contributed by atoms with van der Waals surface area (Å²) in [6.45, 7) is 7.02. The molecule has 0 heterocycles. The number of hydrogen-bond acceptors (Lipinski definition) is 1. The number of nitrogens with two attached hydrogens (primary N) is 1. The van der Waals surface area contributed by atoms with Crippen molar-refractivity contribution in [2.45, 2.75) is 245 Å². The highest BCUT2D eigenvalue weighted by Crippen LogP contribution is 2.19. The maximum atomic E-state index is 6.54. The van der Waals surface area contributed by atoms with E-state index in [0.29, 0.717) is 12.0 Å². The fourth-order valence-corrected chi connectivity index (χ4v) is 6.44. The van der Waals surface area contributed by atoms with E-state index in [0.717, 1.165) is 0 Å². The minimum absolute atomic E-state index is 0.433. The van der Waals surface area contributed by atoms with Gasteiger partial charge >= 0.3 is 0 Å². The van der Waals surface area contributed by atoms with Gasteiger partial charge in [0.2, 0.25) is 0 Å². The average molecular weight is 564 g/mol. The molecule has 0 radical (unpaired) electrons. The second-order valence-electron chi connectivity index (χ2n) is 13.8. The molecule has 2 unspecified atom stereocenters. The van der Waals surface area contributed by atoms with Crippen molar-refractivity contribution in [3.05, 3.63) is 0 Å². The molecule has 2 N–H and O–H groups in total. The molecule has 0 saturated heterocycles. The molecular weight excluding hydrogens is 482 g/mol. The molecule has 0 aliphatic carbocycles. The highest BCUT2D eigenvalue weighted by atomic mass is 14.6. The van der Waals surface area contributed by atoms with Gasteiger partial charge in [0.15, 0.2) is 0 Å². The Labute approximate surface area is 256 Å². The molecular formula is C39H81N. The lowest BCUT2D eigenvalue weighted by molar-refractivity contribution is 0.376. The second kappa shape index (κ2) is 35.2. The zero-order valence-corrected chi connectivity index (χ0v) is 28.8. The van der Waals surface area contributed by atoms with Gasteiger partial charge in [-0.2, -0.15) is 0 Å². The van der Waals surface area contributed by atoms with E-state index in [1.807, 2.05) is 0 Å². The summed E-state index contributed by atoms with van der Waals surface area (Å²) in [5.74, 6) is 0.711. The van der Waals surface area contributed by atoms with Gasteiger partial charge in [-0.3, -0.25) is 0 Å². The molecule has 1 nitrogen and oxygen atoms in total. The Balaban J connectivity index is 3.26. The van der Waals surface area contributed by atoms with E-state index in [1.54, 1.807) is 0 Å². The van der Waals surface area contributed by atoms with E-state index >= 15 is 0 Å². The van der Waals surface area contributed by atoms with Gasteiger partial charge in [-0.1, -0.05) is 226 Å². The molecule has 0 aromatic rings. The minimum atomic E-state index is 0.433. The maximum Gasteiger partial charge on any atom is 0.00645 e. The molecule has 0 aromatic heterocycles. The minimum Gasteiger partial charge on any atom is -0.327 e. The van der Waals surface area contributed by atoms with Gasteiger partial charge in [0.25, 0.3) is 0 Å². The molecule has 0 spiro atoms. The lowest BCUT2D eigenvalue weighted by Crippen LogP contribution is -2.28. The van der Waals surface area contributed by atoms with Gasteiger partial charge in [0.05, 0.1) is 0 Å². The number of rotatable bonds is 35. The average Bonchev–Trinajstić information content (AvgIpc) is 2.96. The summed E-state index contributed by atoms with van der Waals surface area (Å²) in [4.78, 5) is 0. The van der Waals surface area contributed by atoms with Crippen LogP contribution in [-0.4, -0.2) is 6.04 Å². The second-order valence-corrected chi connectivity index (χ2v) is 13.8. The molecule has 0 rings (SSSR count). The van der Waals surface area contributed by atoms with Gasteiger partial charge < -0.3 is 5.73 Å². The zero-order valence-electron chi connectivity index (χ0n) is 28.8. The molecule has 0 amide bonds. The molecule has 0 aromatic carbocycles. The maximum absolute atomic E-state index is 6.54. The Bertz CT molecular complexity index is 393. The third kappa shape index (κ3) is 32.5. The van der Waals surface area contributed by atoms with Gasteiger partial charge in [-0.25, -0.2) is 0 Å². The van der Waals surface area contributed by atoms with Crippen LogP contribution in [0.1, 0.15) is 239 Å². The van der Waals surface area contributed by atoms with Gasteiger partial charge in [0.1, 0.15) is 0 Å². The molecule has 0 bridgehead atoms. The first-order chi connectivity index (χ1) is 19.7. The Morgan fingerprint density at radius 1 is 0.300 bits per heavy atom. The van der Waals surface area contributed by atoms with Crippen molar-refractivity contribution in [2.75, 3.05) is 0 Å². The number of hydrogen-bond donors (Lipinski definition) is 1. The Kier molecular flexibility index (Phi) is 35.1. The SMILES string of the molecule is CCCCCCCCCCCCCCCCCCC(C)C(N)CCCCCCCCCCCCCCCCCC. The first-order valence-electron chi connectivity index (χ1n) is 19.5. The number of unbranched alkanes of at least 4 members (excludes halogenated alkanes) is 30. The van der Waals surface area contributed by atoms with Crippen LogP contribution in [0.5, 0.6) is 0 Å². The summed E-state index contributed by atoms with van der Waals surface area (Å²) in [7, 11) is 0. The van der Waals surface area contributed by atoms with E-state index in [9.17, 15) is 0 Å². The Morgan fingerprint density at radius 2 is 0.500 bits per heavy atom. The van der Waals surface area contributed by atoms with Crippen LogP contribution >= 0.6 is 0 Å². The fourth-order valence-electron chi connectivity index (χ4n) is 6.44. The molecule has 0 aliphatic rings. The van der Waals surface area contributed by atoms with E-state index in [-0.39, 0.29) is 0 Å². The van der Waals surface area contributed by atoms with Crippen molar-refractivity contribution in [2.24, 2.45) is 11.7 Å². The Hall–Kier alpha value is -0.0400. The third-order valence-electron chi connectivity index (χ3n) is 9.63. The highest BCUT2D eigenvalue weighted by molar-refractivity contribution is 4.69.